The van der Waals surface area contributed by atoms with Crippen LogP contribution >= 0.6 is 0 Å². The van der Waals surface area contributed by atoms with Gasteiger partial charge < -0.3 is 5.32 Å². The van der Waals surface area contributed by atoms with Crippen molar-refractivity contribution in [3.8, 4) is 0 Å². The largest absolute Gasteiger partial charge is 0.315 e. The van der Waals surface area contributed by atoms with Gasteiger partial charge in [0.05, 0.1) is 4.90 Å². The van der Waals surface area contributed by atoms with Gasteiger partial charge in [0.2, 0.25) is 10.0 Å². The van der Waals surface area contributed by atoms with Crippen LogP contribution in [0.1, 0.15) is 12.0 Å². The van der Waals surface area contributed by atoms with E-state index in [4.69, 9.17) is 0 Å². The van der Waals surface area contributed by atoms with E-state index in [9.17, 15) is 12.8 Å². The van der Waals surface area contributed by atoms with Gasteiger partial charge in [0, 0.05) is 19.6 Å². The Morgan fingerprint density at radius 2 is 2.17 bits per heavy atom. The van der Waals surface area contributed by atoms with E-state index in [-0.39, 0.29) is 10.9 Å². The van der Waals surface area contributed by atoms with Crippen molar-refractivity contribution < 1.29 is 12.8 Å². The van der Waals surface area contributed by atoms with E-state index < -0.39 is 15.8 Å². The van der Waals surface area contributed by atoms with Crippen LogP contribution in [0.5, 0.6) is 0 Å². The van der Waals surface area contributed by atoms with Crippen LogP contribution in [0.15, 0.2) is 23.1 Å². The Hall–Kier alpha value is -0.980. The fourth-order valence-electron chi connectivity index (χ4n) is 2.05. The summed E-state index contributed by atoms with van der Waals surface area (Å²) in [5.41, 5.74) is 0.444. The van der Waals surface area contributed by atoms with Crippen LogP contribution in [0.25, 0.3) is 0 Å². The third kappa shape index (κ3) is 2.41. The topological polar surface area (TPSA) is 49.4 Å². The highest BCUT2D eigenvalue weighted by molar-refractivity contribution is 7.89. The molecule has 4 nitrogen and oxygen atoms in total. The molecule has 1 aromatic rings. The van der Waals surface area contributed by atoms with Gasteiger partial charge >= 0.3 is 0 Å². The maximum atomic E-state index is 13.5. The molecule has 100 valence electrons. The molecule has 0 radical (unpaired) electrons. The smallest absolute Gasteiger partial charge is 0.243 e. The highest BCUT2D eigenvalue weighted by Gasteiger charge is 2.30. The highest BCUT2D eigenvalue weighted by Crippen LogP contribution is 2.21. The van der Waals surface area contributed by atoms with Gasteiger partial charge in [-0.05, 0) is 37.6 Å². The zero-order valence-corrected chi connectivity index (χ0v) is 11.3. The molecule has 0 aromatic heterocycles. The van der Waals surface area contributed by atoms with Gasteiger partial charge in [0.25, 0.3) is 0 Å². The van der Waals surface area contributed by atoms with E-state index in [2.05, 4.69) is 5.32 Å². The third-order valence-electron chi connectivity index (χ3n) is 3.37. The van der Waals surface area contributed by atoms with Crippen molar-refractivity contribution in [1.29, 1.82) is 0 Å². The van der Waals surface area contributed by atoms with Gasteiger partial charge in [-0.15, -0.1) is 0 Å². The third-order valence-corrected chi connectivity index (χ3v) is 5.27. The SMILES string of the molecule is Cc1ccc(S(=O)(=O)N(C)C2CCNC2)cc1F. The predicted molar refractivity (Wildman–Crippen MR) is 67.4 cm³/mol. The monoisotopic (exact) mass is 272 g/mol. The van der Waals surface area contributed by atoms with Crippen LogP contribution in [-0.4, -0.2) is 38.9 Å². The van der Waals surface area contributed by atoms with Crippen molar-refractivity contribution >= 4 is 10.0 Å². The molecule has 6 heteroatoms. The Bertz CT molecular complexity index is 539. The maximum absolute atomic E-state index is 13.5. The number of aryl methyl sites for hydroxylation is 1. The van der Waals surface area contributed by atoms with Crippen LogP contribution in [0.4, 0.5) is 4.39 Å². The van der Waals surface area contributed by atoms with E-state index in [1.807, 2.05) is 0 Å². The van der Waals surface area contributed by atoms with E-state index in [0.29, 0.717) is 12.1 Å². The maximum Gasteiger partial charge on any atom is 0.243 e. The molecular formula is C12H17FN2O2S. The van der Waals surface area contributed by atoms with Crippen molar-refractivity contribution in [1.82, 2.24) is 9.62 Å². The first-order chi connectivity index (χ1) is 8.43. The Kier molecular flexibility index (Phi) is 3.70. The van der Waals surface area contributed by atoms with Gasteiger partial charge in [0.1, 0.15) is 5.82 Å². The number of rotatable bonds is 3. The summed E-state index contributed by atoms with van der Waals surface area (Å²) in [5, 5.41) is 3.12. The summed E-state index contributed by atoms with van der Waals surface area (Å²) in [7, 11) is -2.06. The Labute approximate surface area is 107 Å². The van der Waals surface area contributed by atoms with E-state index in [1.165, 1.54) is 16.4 Å². The number of halogens is 1. The van der Waals surface area contributed by atoms with Gasteiger partial charge in [-0.25, -0.2) is 12.8 Å². The lowest BCUT2D eigenvalue weighted by Gasteiger charge is -2.23. The standard InChI is InChI=1S/C12H17FN2O2S/c1-9-3-4-11(7-12(9)13)18(16,17)15(2)10-5-6-14-8-10/h3-4,7,10,14H,5-6,8H2,1-2H3. The highest BCUT2D eigenvalue weighted by atomic mass is 32.2. The lowest BCUT2D eigenvalue weighted by Crippen LogP contribution is -2.38. The Morgan fingerprint density at radius 3 is 2.72 bits per heavy atom. The number of hydrogen-bond donors (Lipinski definition) is 1. The van der Waals surface area contributed by atoms with E-state index >= 15 is 0 Å². The minimum Gasteiger partial charge on any atom is -0.315 e. The number of sulfonamides is 1. The molecule has 0 amide bonds. The first kappa shape index (κ1) is 13.5. The number of hydrogen-bond acceptors (Lipinski definition) is 3. The molecule has 1 aliphatic rings. The second-order valence-corrected chi connectivity index (χ2v) is 6.58. The van der Waals surface area contributed by atoms with Crippen LogP contribution in [0.3, 0.4) is 0 Å². The first-order valence-corrected chi connectivity index (χ1v) is 7.32. The molecule has 1 saturated heterocycles. The molecule has 1 N–H and O–H groups in total. The molecule has 1 aromatic carbocycles. The van der Waals surface area contributed by atoms with Crippen LogP contribution in [0.2, 0.25) is 0 Å². The lowest BCUT2D eigenvalue weighted by molar-refractivity contribution is 0.387. The van der Waals surface area contributed by atoms with Crippen molar-refractivity contribution in [3.63, 3.8) is 0 Å². The first-order valence-electron chi connectivity index (χ1n) is 5.88. The number of benzene rings is 1. The fourth-order valence-corrected chi connectivity index (χ4v) is 3.44. The van der Waals surface area contributed by atoms with Gasteiger partial charge in [-0.2, -0.15) is 4.31 Å². The van der Waals surface area contributed by atoms with Crippen LogP contribution in [-0.2, 0) is 10.0 Å². The normalized spacial score (nSPS) is 20.6. The molecule has 1 atom stereocenters. The van der Waals surface area contributed by atoms with Crippen molar-refractivity contribution in [2.45, 2.75) is 24.3 Å². The zero-order valence-electron chi connectivity index (χ0n) is 10.5. The minimum atomic E-state index is -3.61. The molecule has 1 aliphatic heterocycles. The van der Waals surface area contributed by atoms with E-state index in [1.54, 1.807) is 14.0 Å². The lowest BCUT2D eigenvalue weighted by atomic mass is 10.2. The molecule has 1 fully saturated rings. The summed E-state index contributed by atoms with van der Waals surface area (Å²) in [6.07, 6.45) is 0.782. The summed E-state index contributed by atoms with van der Waals surface area (Å²) in [6, 6.07) is 3.97. The van der Waals surface area contributed by atoms with Crippen LogP contribution in [0, 0.1) is 12.7 Å². The van der Waals surface area contributed by atoms with Gasteiger partial charge in [-0.3, -0.25) is 0 Å². The van der Waals surface area contributed by atoms with Gasteiger partial charge in [-0.1, -0.05) is 6.07 Å². The van der Waals surface area contributed by atoms with Crippen molar-refractivity contribution in [2.24, 2.45) is 0 Å². The van der Waals surface area contributed by atoms with Crippen molar-refractivity contribution in [2.75, 3.05) is 20.1 Å². The number of nitrogens with zero attached hydrogens (tertiary/aromatic N) is 1. The molecule has 0 spiro atoms. The number of likely N-dealkylation sites (N-methyl/N-ethyl adjacent to an activating group) is 1. The predicted octanol–water partition coefficient (Wildman–Crippen LogP) is 1.12. The van der Waals surface area contributed by atoms with Crippen LogP contribution < -0.4 is 5.32 Å². The summed E-state index contributed by atoms with van der Waals surface area (Å²) >= 11 is 0. The summed E-state index contributed by atoms with van der Waals surface area (Å²) in [6.45, 7) is 3.06. The Morgan fingerprint density at radius 1 is 1.44 bits per heavy atom. The Balaban J connectivity index is 2.32. The zero-order chi connectivity index (χ0) is 13.3. The molecule has 0 saturated carbocycles. The average molecular weight is 272 g/mol. The molecule has 18 heavy (non-hydrogen) atoms. The molecule has 1 heterocycles. The quantitative estimate of drug-likeness (QED) is 0.897. The molecule has 2 rings (SSSR count). The summed E-state index contributed by atoms with van der Waals surface area (Å²) in [4.78, 5) is 0.0139. The minimum absolute atomic E-state index is 0.0139. The second kappa shape index (κ2) is 4.95. The van der Waals surface area contributed by atoms with E-state index in [0.717, 1.165) is 19.0 Å². The fraction of sp³-hybridized carbons (Fsp3) is 0.500. The molecule has 1 unspecified atom stereocenters. The molecule has 0 bridgehead atoms. The summed E-state index contributed by atoms with van der Waals surface area (Å²) in [5.74, 6) is -0.492. The second-order valence-electron chi connectivity index (χ2n) is 4.58. The summed E-state index contributed by atoms with van der Waals surface area (Å²) < 4.78 is 39.4. The molecule has 0 aliphatic carbocycles. The van der Waals surface area contributed by atoms with Gasteiger partial charge in [0.15, 0.2) is 0 Å². The molecular weight excluding hydrogens is 255 g/mol. The number of nitrogens with one attached hydrogen (secondary N) is 1. The average Bonchev–Trinajstić information content (AvgIpc) is 2.85. The van der Waals surface area contributed by atoms with Crippen molar-refractivity contribution in [3.05, 3.63) is 29.6 Å².